The average Bonchev–Trinajstić information content (AvgIpc) is 3.24. The minimum atomic E-state index is -1.63. The summed E-state index contributed by atoms with van der Waals surface area (Å²) in [6, 6.07) is 16.0. The molecule has 0 unspecified atom stereocenters. The number of carbonyl (C=O) groups is 1. The number of carbonyl (C=O) groups excluding carboxylic acids is 1. The first-order valence-electron chi connectivity index (χ1n) is 22.0. The zero-order valence-electron chi connectivity index (χ0n) is 34.8. The third-order valence-corrected chi connectivity index (χ3v) is 10.7. The molecular weight excluding hydrogens is 743 g/mol. The highest BCUT2D eigenvalue weighted by Gasteiger charge is 2.44. The van der Waals surface area contributed by atoms with E-state index < -0.39 is 55.6 Å². The summed E-state index contributed by atoms with van der Waals surface area (Å²) in [6.07, 6.45) is 10.2. The molecule has 8 atom stereocenters. The van der Waals surface area contributed by atoms with Gasteiger partial charge in [0.1, 0.15) is 36.3 Å². The molecule has 0 saturated carbocycles. The number of amides is 1. The van der Waals surface area contributed by atoms with E-state index in [9.17, 15) is 35.4 Å². The average molecular weight is 816 g/mol. The standard InChI is InChI=1S/C45H73N3O10/c1-2-3-4-5-6-7-8-9-10-11-14-20-25-38(50)41(52)37(33-57-45-44(55)43(54)42(53)39(32-49)58-45)46-40(51)26-21-15-12-13-16-22-31-56-36-29-27-35(28-30-36)48-47-34-23-18-17-19-24-34/h17-19,23-24,27-30,37-39,41-45,49-50,52-55H,2-16,20-22,25-26,31-33H2,1H3,(H,46,51)/t37-,38+,39+,41-,42-,43-,44+,45-/m0/s1. The molecule has 3 rings (SSSR count). The second kappa shape index (κ2) is 30.1. The molecular formula is C45H73N3O10. The van der Waals surface area contributed by atoms with Gasteiger partial charge in [0, 0.05) is 6.42 Å². The normalized spacial score (nSPS) is 21.2. The molecule has 1 saturated heterocycles. The molecule has 328 valence electrons. The molecule has 7 N–H and O–H groups in total. The van der Waals surface area contributed by atoms with Gasteiger partial charge >= 0.3 is 0 Å². The van der Waals surface area contributed by atoms with Gasteiger partial charge in [-0.15, -0.1) is 0 Å². The fourth-order valence-electron chi connectivity index (χ4n) is 7.05. The molecule has 1 aliphatic heterocycles. The summed E-state index contributed by atoms with van der Waals surface area (Å²) in [5.74, 6) is 0.475. The lowest BCUT2D eigenvalue weighted by Crippen LogP contribution is -2.60. The summed E-state index contributed by atoms with van der Waals surface area (Å²) in [6.45, 7) is 1.89. The van der Waals surface area contributed by atoms with Crippen LogP contribution in [0.15, 0.2) is 64.8 Å². The largest absolute Gasteiger partial charge is 0.494 e. The number of nitrogens with zero attached hydrogens (tertiary/aromatic N) is 2. The van der Waals surface area contributed by atoms with Crippen LogP contribution in [0, 0.1) is 0 Å². The Morgan fingerprint density at radius 3 is 1.86 bits per heavy atom. The van der Waals surface area contributed by atoms with E-state index >= 15 is 0 Å². The van der Waals surface area contributed by atoms with Gasteiger partial charge in [0.15, 0.2) is 6.29 Å². The third kappa shape index (κ3) is 19.8. The van der Waals surface area contributed by atoms with Gasteiger partial charge in [0.2, 0.25) is 5.91 Å². The zero-order valence-corrected chi connectivity index (χ0v) is 34.8. The first kappa shape index (κ1) is 49.4. The SMILES string of the molecule is CCCCCCCCCCCCCC[C@@H](O)[C@@H](O)[C@H](CO[C@H]1O[C@H](CO)[C@H](O)[C@H](O)[C@H]1O)NC(=O)CCCCCCCCOc1ccc(N=Nc2ccccc2)cc1. The molecule has 13 nitrogen and oxygen atoms in total. The highest BCUT2D eigenvalue weighted by Crippen LogP contribution is 2.24. The van der Waals surface area contributed by atoms with Crippen LogP contribution < -0.4 is 10.1 Å². The molecule has 0 radical (unpaired) electrons. The Morgan fingerprint density at radius 1 is 0.707 bits per heavy atom. The molecule has 2 aromatic carbocycles. The number of rotatable bonds is 32. The Bertz CT molecular complexity index is 1350. The van der Waals surface area contributed by atoms with Crippen molar-refractivity contribution in [1.82, 2.24) is 5.32 Å². The Labute approximate surface area is 346 Å². The summed E-state index contributed by atoms with van der Waals surface area (Å²) in [7, 11) is 0. The van der Waals surface area contributed by atoms with Crippen LogP contribution in [-0.2, 0) is 14.3 Å². The van der Waals surface area contributed by atoms with E-state index in [1.165, 1.54) is 51.4 Å². The van der Waals surface area contributed by atoms with Crippen LogP contribution >= 0.6 is 0 Å². The molecule has 13 heteroatoms. The number of unbranched alkanes of at least 4 members (excludes halogenated alkanes) is 16. The van der Waals surface area contributed by atoms with E-state index in [1.807, 2.05) is 54.6 Å². The molecule has 0 bridgehead atoms. The number of aliphatic hydroxyl groups is 6. The van der Waals surface area contributed by atoms with E-state index in [0.29, 0.717) is 19.4 Å². The lowest BCUT2D eigenvalue weighted by Gasteiger charge is -2.40. The Morgan fingerprint density at radius 2 is 1.26 bits per heavy atom. The van der Waals surface area contributed by atoms with Gasteiger partial charge in [-0.05, 0) is 55.7 Å². The second-order valence-electron chi connectivity index (χ2n) is 15.7. The lowest BCUT2D eigenvalue weighted by atomic mass is 9.98. The fourth-order valence-corrected chi connectivity index (χ4v) is 7.05. The molecule has 0 aliphatic carbocycles. The minimum absolute atomic E-state index is 0.224. The highest BCUT2D eigenvalue weighted by molar-refractivity contribution is 5.76. The predicted molar refractivity (Wildman–Crippen MR) is 224 cm³/mol. The van der Waals surface area contributed by atoms with Crippen molar-refractivity contribution in [2.45, 2.75) is 184 Å². The van der Waals surface area contributed by atoms with Gasteiger partial charge in [0.25, 0.3) is 0 Å². The number of azo groups is 1. The number of hydrogen-bond donors (Lipinski definition) is 7. The van der Waals surface area contributed by atoms with E-state index in [0.717, 1.165) is 74.9 Å². The van der Waals surface area contributed by atoms with E-state index in [1.54, 1.807) is 0 Å². The zero-order chi connectivity index (χ0) is 41.8. The van der Waals surface area contributed by atoms with Crippen LogP contribution in [0.1, 0.15) is 135 Å². The molecule has 1 aliphatic rings. The van der Waals surface area contributed by atoms with Gasteiger partial charge in [0.05, 0.1) is 43.3 Å². The van der Waals surface area contributed by atoms with Gasteiger partial charge in [-0.1, -0.05) is 128 Å². The van der Waals surface area contributed by atoms with Crippen LogP contribution in [0.5, 0.6) is 5.75 Å². The Kier molecular flexibility index (Phi) is 25.6. The molecule has 1 heterocycles. The van der Waals surface area contributed by atoms with Crippen molar-refractivity contribution < 1.29 is 49.6 Å². The van der Waals surface area contributed by atoms with Gasteiger partial charge in [-0.3, -0.25) is 4.79 Å². The van der Waals surface area contributed by atoms with Gasteiger partial charge in [-0.25, -0.2) is 0 Å². The molecule has 1 amide bonds. The van der Waals surface area contributed by atoms with Crippen LogP contribution in [-0.4, -0.2) is 105 Å². The van der Waals surface area contributed by atoms with Crippen LogP contribution in [0.3, 0.4) is 0 Å². The fraction of sp³-hybridized carbons (Fsp3) is 0.711. The van der Waals surface area contributed by atoms with Crippen molar-refractivity contribution in [3.8, 4) is 5.75 Å². The lowest BCUT2D eigenvalue weighted by molar-refractivity contribution is -0.303. The Hall–Kier alpha value is -3.01. The molecule has 1 fully saturated rings. The van der Waals surface area contributed by atoms with Crippen LogP contribution in [0.25, 0.3) is 0 Å². The van der Waals surface area contributed by atoms with E-state index in [-0.39, 0.29) is 18.9 Å². The van der Waals surface area contributed by atoms with Crippen molar-refractivity contribution in [2.75, 3.05) is 19.8 Å². The topological polar surface area (TPSA) is 203 Å². The quantitative estimate of drug-likeness (QED) is 0.0290. The summed E-state index contributed by atoms with van der Waals surface area (Å²) >= 11 is 0. The first-order valence-corrected chi connectivity index (χ1v) is 22.0. The first-order chi connectivity index (χ1) is 28.2. The maximum absolute atomic E-state index is 13.0. The van der Waals surface area contributed by atoms with Crippen molar-refractivity contribution in [3.05, 3.63) is 54.6 Å². The van der Waals surface area contributed by atoms with Gasteiger partial charge in [-0.2, -0.15) is 10.2 Å². The smallest absolute Gasteiger partial charge is 0.220 e. The number of hydrogen-bond acceptors (Lipinski definition) is 12. The summed E-state index contributed by atoms with van der Waals surface area (Å²) < 4.78 is 17.0. The van der Waals surface area contributed by atoms with E-state index in [4.69, 9.17) is 14.2 Å². The van der Waals surface area contributed by atoms with Gasteiger partial charge < -0.3 is 50.2 Å². The maximum atomic E-state index is 13.0. The number of benzene rings is 2. The van der Waals surface area contributed by atoms with Crippen molar-refractivity contribution in [1.29, 1.82) is 0 Å². The second-order valence-corrected chi connectivity index (χ2v) is 15.7. The Balaban J connectivity index is 1.34. The summed E-state index contributed by atoms with van der Waals surface area (Å²) in [4.78, 5) is 13.0. The predicted octanol–water partition coefficient (Wildman–Crippen LogP) is 7.33. The number of nitrogens with one attached hydrogen (secondary N) is 1. The summed E-state index contributed by atoms with van der Waals surface area (Å²) in [5.41, 5.74) is 1.55. The number of ether oxygens (including phenoxy) is 3. The van der Waals surface area contributed by atoms with Crippen molar-refractivity contribution in [2.24, 2.45) is 10.2 Å². The maximum Gasteiger partial charge on any atom is 0.220 e. The van der Waals surface area contributed by atoms with E-state index in [2.05, 4.69) is 22.5 Å². The van der Waals surface area contributed by atoms with Crippen LogP contribution in [0.2, 0.25) is 0 Å². The molecule has 2 aromatic rings. The monoisotopic (exact) mass is 816 g/mol. The third-order valence-electron chi connectivity index (χ3n) is 10.7. The van der Waals surface area contributed by atoms with Crippen LogP contribution in [0.4, 0.5) is 11.4 Å². The van der Waals surface area contributed by atoms with Crippen molar-refractivity contribution in [3.63, 3.8) is 0 Å². The molecule has 0 aromatic heterocycles. The molecule has 0 spiro atoms. The number of aliphatic hydroxyl groups excluding tert-OH is 6. The minimum Gasteiger partial charge on any atom is -0.494 e. The van der Waals surface area contributed by atoms with Crippen molar-refractivity contribution >= 4 is 17.3 Å². The molecule has 58 heavy (non-hydrogen) atoms. The highest BCUT2D eigenvalue weighted by atomic mass is 16.7. The summed E-state index contributed by atoms with van der Waals surface area (Å²) in [5, 5.41) is 73.6.